The predicted molar refractivity (Wildman–Crippen MR) is 87.8 cm³/mol. The summed E-state index contributed by atoms with van der Waals surface area (Å²) in [5.74, 6) is -0.0791. The van der Waals surface area contributed by atoms with Gasteiger partial charge in [0.05, 0.1) is 11.4 Å². The average molecular weight is 290 g/mol. The highest BCUT2D eigenvalue weighted by molar-refractivity contribution is 5.96. The second-order valence-corrected chi connectivity index (χ2v) is 6.50. The van der Waals surface area contributed by atoms with Crippen LogP contribution in [0.2, 0.25) is 0 Å². The van der Waals surface area contributed by atoms with Crippen LogP contribution >= 0.6 is 0 Å². The van der Waals surface area contributed by atoms with Crippen LogP contribution in [0.3, 0.4) is 0 Å². The van der Waals surface area contributed by atoms with Crippen molar-refractivity contribution >= 4 is 17.3 Å². The van der Waals surface area contributed by atoms with Crippen LogP contribution in [-0.2, 0) is 0 Å². The predicted octanol–water partition coefficient (Wildman–Crippen LogP) is 1.55. The molecule has 5 heteroatoms. The van der Waals surface area contributed by atoms with E-state index in [1.165, 1.54) is 0 Å². The lowest BCUT2D eigenvalue weighted by molar-refractivity contribution is 0.0963. The van der Waals surface area contributed by atoms with Crippen molar-refractivity contribution in [3.05, 3.63) is 23.8 Å². The maximum Gasteiger partial charge on any atom is 0.251 e. The van der Waals surface area contributed by atoms with Gasteiger partial charge in [-0.3, -0.25) is 9.69 Å². The molecule has 1 aromatic rings. The highest BCUT2D eigenvalue weighted by Crippen LogP contribution is 2.27. The number of amides is 1. The molecule has 0 aromatic heterocycles. The van der Waals surface area contributed by atoms with E-state index in [1.54, 1.807) is 13.1 Å². The molecule has 0 aliphatic carbocycles. The molecule has 116 valence electrons. The third-order valence-corrected chi connectivity index (χ3v) is 4.09. The molecule has 1 amide bonds. The number of hydrogen-bond acceptors (Lipinski definition) is 4. The number of rotatable bonds is 2. The highest BCUT2D eigenvalue weighted by Gasteiger charge is 2.26. The van der Waals surface area contributed by atoms with Gasteiger partial charge in [-0.05, 0) is 39.0 Å². The van der Waals surface area contributed by atoms with Crippen LogP contribution in [0.25, 0.3) is 0 Å². The Hall–Kier alpha value is -1.75. The smallest absolute Gasteiger partial charge is 0.251 e. The number of nitrogens with one attached hydrogen (secondary N) is 1. The monoisotopic (exact) mass is 290 g/mol. The van der Waals surface area contributed by atoms with Crippen LogP contribution in [0.5, 0.6) is 0 Å². The lowest BCUT2D eigenvalue weighted by Gasteiger charge is -2.43. The van der Waals surface area contributed by atoms with Crippen molar-refractivity contribution in [2.75, 3.05) is 43.9 Å². The van der Waals surface area contributed by atoms with Crippen LogP contribution in [-0.4, -0.2) is 49.6 Å². The molecular weight excluding hydrogens is 264 g/mol. The Morgan fingerprint density at radius 3 is 2.33 bits per heavy atom. The van der Waals surface area contributed by atoms with Crippen molar-refractivity contribution < 1.29 is 4.79 Å². The minimum atomic E-state index is -0.0791. The van der Waals surface area contributed by atoms with E-state index in [0.29, 0.717) is 5.56 Å². The van der Waals surface area contributed by atoms with E-state index in [0.717, 1.165) is 37.6 Å². The molecule has 1 fully saturated rings. The van der Waals surface area contributed by atoms with E-state index in [9.17, 15) is 4.79 Å². The van der Waals surface area contributed by atoms with Crippen molar-refractivity contribution in [1.29, 1.82) is 0 Å². The van der Waals surface area contributed by atoms with Gasteiger partial charge in [0.25, 0.3) is 5.91 Å². The summed E-state index contributed by atoms with van der Waals surface area (Å²) in [5, 5.41) is 2.65. The molecule has 0 saturated carbocycles. The second kappa shape index (κ2) is 5.93. The quantitative estimate of drug-likeness (QED) is 0.811. The molecule has 0 radical (unpaired) electrons. The molecule has 1 aromatic carbocycles. The molecule has 5 nitrogen and oxygen atoms in total. The molecule has 1 aliphatic heterocycles. The normalized spacial score (nSPS) is 16.9. The summed E-state index contributed by atoms with van der Waals surface area (Å²) in [7, 11) is 1.64. The molecular formula is C16H26N4O. The zero-order valence-electron chi connectivity index (χ0n) is 13.4. The fourth-order valence-electron chi connectivity index (χ4n) is 2.72. The van der Waals surface area contributed by atoms with E-state index in [-0.39, 0.29) is 11.4 Å². The number of anilines is 2. The molecule has 0 spiro atoms. The van der Waals surface area contributed by atoms with Crippen LogP contribution < -0.4 is 16.0 Å². The number of nitrogens with two attached hydrogens (primary N) is 1. The van der Waals surface area contributed by atoms with Crippen molar-refractivity contribution in [1.82, 2.24) is 10.2 Å². The topological polar surface area (TPSA) is 61.6 Å². The first-order valence-corrected chi connectivity index (χ1v) is 7.44. The Morgan fingerprint density at radius 1 is 1.19 bits per heavy atom. The Bertz CT molecular complexity index is 513. The summed E-state index contributed by atoms with van der Waals surface area (Å²) >= 11 is 0. The molecule has 0 bridgehead atoms. The first-order chi connectivity index (χ1) is 9.82. The average Bonchev–Trinajstić information content (AvgIpc) is 2.46. The number of carbonyl (C=O) groups is 1. The molecule has 3 N–H and O–H groups in total. The largest absolute Gasteiger partial charge is 0.397 e. The first kappa shape index (κ1) is 15.6. The van der Waals surface area contributed by atoms with E-state index >= 15 is 0 Å². The SMILES string of the molecule is CNC(=O)c1ccc(N)c(N2CCN(C(C)(C)C)CC2)c1. The minimum absolute atomic E-state index is 0.0791. The number of piperazine rings is 1. The highest BCUT2D eigenvalue weighted by atomic mass is 16.1. The van der Waals surface area contributed by atoms with Crippen LogP contribution in [0.4, 0.5) is 11.4 Å². The number of benzene rings is 1. The van der Waals surface area contributed by atoms with Crippen molar-refractivity contribution in [3.63, 3.8) is 0 Å². The first-order valence-electron chi connectivity index (χ1n) is 7.44. The molecule has 1 saturated heterocycles. The van der Waals surface area contributed by atoms with Gasteiger partial charge in [0.2, 0.25) is 0 Å². The summed E-state index contributed by atoms with van der Waals surface area (Å²) in [6, 6.07) is 5.47. The minimum Gasteiger partial charge on any atom is -0.397 e. The number of nitrogens with zero attached hydrogens (tertiary/aromatic N) is 2. The van der Waals surface area contributed by atoms with Gasteiger partial charge in [0, 0.05) is 44.3 Å². The molecule has 0 atom stereocenters. The zero-order chi connectivity index (χ0) is 15.6. The van der Waals surface area contributed by atoms with Gasteiger partial charge >= 0.3 is 0 Å². The molecule has 2 rings (SSSR count). The van der Waals surface area contributed by atoms with Crippen molar-refractivity contribution in [2.45, 2.75) is 26.3 Å². The van der Waals surface area contributed by atoms with E-state index < -0.39 is 0 Å². The molecule has 1 aliphatic rings. The summed E-state index contributed by atoms with van der Waals surface area (Å²) in [4.78, 5) is 16.5. The third kappa shape index (κ3) is 3.47. The van der Waals surface area contributed by atoms with Gasteiger partial charge in [-0.2, -0.15) is 0 Å². The van der Waals surface area contributed by atoms with E-state index in [1.807, 2.05) is 12.1 Å². The maximum absolute atomic E-state index is 11.8. The fourth-order valence-corrected chi connectivity index (χ4v) is 2.72. The van der Waals surface area contributed by atoms with Gasteiger partial charge in [-0.1, -0.05) is 0 Å². The van der Waals surface area contributed by atoms with E-state index in [4.69, 9.17) is 5.73 Å². The second-order valence-electron chi connectivity index (χ2n) is 6.50. The number of carbonyl (C=O) groups excluding carboxylic acids is 1. The Balaban J connectivity index is 2.15. The fraction of sp³-hybridized carbons (Fsp3) is 0.562. The van der Waals surface area contributed by atoms with Gasteiger partial charge in [0.15, 0.2) is 0 Å². The van der Waals surface area contributed by atoms with Crippen molar-refractivity contribution in [3.8, 4) is 0 Å². The van der Waals surface area contributed by atoms with Gasteiger partial charge in [0.1, 0.15) is 0 Å². The van der Waals surface area contributed by atoms with Gasteiger partial charge < -0.3 is 16.0 Å². The molecule has 0 unspecified atom stereocenters. The summed E-state index contributed by atoms with van der Waals surface area (Å²) in [6.45, 7) is 10.6. The molecule has 21 heavy (non-hydrogen) atoms. The Morgan fingerprint density at radius 2 is 1.81 bits per heavy atom. The summed E-state index contributed by atoms with van der Waals surface area (Å²) in [6.07, 6.45) is 0. The lowest BCUT2D eigenvalue weighted by atomic mass is 10.0. The zero-order valence-corrected chi connectivity index (χ0v) is 13.4. The number of hydrogen-bond donors (Lipinski definition) is 2. The summed E-state index contributed by atoms with van der Waals surface area (Å²) in [5.41, 5.74) is 8.64. The van der Waals surface area contributed by atoms with E-state index in [2.05, 4.69) is 35.9 Å². The number of nitrogen functional groups attached to an aromatic ring is 1. The Kier molecular flexibility index (Phi) is 4.42. The van der Waals surface area contributed by atoms with Crippen LogP contribution in [0, 0.1) is 0 Å². The van der Waals surface area contributed by atoms with Gasteiger partial charge in [-0.15, -0.1) is 0 Å². The van der Waals surface area contributed by atoms with Gasteiger partial charge in [-0.25, -0.2) is 0 Å². The third-order valence-electron chi connectivity index (χ3n) is 4.09. The standard InChI is InChI=1S/C16H26N4O/c1-16(2,3)20-9-7-19(8-10-20)14-11-12(15(21)18-4)5-6-13(14)17/h5-6,11H,7-10,17H2,1-4H3,(H,18,21). The van der Waals surface area contributed by atoms with Crippen molar-refractivity contribution in [2.24, 2.45) is 0 Å². The van der Waals surface area contributed by atoms with Crippen LogP contribution in [0.15, 0.2) is 18.2 Å². The maximum atomic E-state index is 11.8. The summed E-state index contributed by atoms with van der Waals surface area (Å²) < 4.78 is 0. The lowest BCUT2D eigenvalue weighted by Crippen LogP contribution is -2.53. The van der Waals surface area contributed by atoms with Crippen LogP contribution in [0.1, 0.15) is 31.1 Å². The molecule has 1 heterocycles. The Labute approximate surface area is 127 Å².